The summed E-state index contributed by atoms with van der Waals surface area (Å²) in [7, 11) is 0. The summed E-state index contributed by atoms with van der Waals surface area (Å²) in [5.74, 6) is 0.169. The van der Waals surface area contributed by atoms with Gasteiger partial charge in [0.25, 0.3) is 5.91 Å². The predicted octanol–water partition coefficient (Wildman–Crippen LogP) is 2.81. The molecule has 2 rings (SSSR count). The first-order chi connectivity index (χ1) is 11.2. The Bertz CT molecular complexity index is 719. The highest BCUT2D eigenvalue weighted by Crippen LogP contribution is 2.14. The SMILES string of the molecule is CSc1ccc(/C=N\NC(=O)COc2ccc(C#N)cc2)cc1. The molecule has 0 saturated heterocycles. The molecule has 0 fully saturated rings. The van der Waals surface area contributed by atoms with E-state index in [2.05, 4.69) is 10.5 Å². The van der Waals surface area contributed by atoms with Crippen LogP contribution in [0.2, 0.25) is 0 Å². The number of nitriles is 1. The van der Waals surface area contributed by atoms with Gasteiger partial charge in [-0.2, -0.15) is 10.4 Å². The Morgan fingerprint density at radius 3 is 2.57 bits per heavy atom. The third-order valence-corrected chi connectivity index (χ3v) is 3.62. The van der Waals surface area contributed by atoms with Crippen molar-refractivity contribution in [1.82, 2.24) is 5.43 Å². The van der Waals surface area contributed by atoms with E-state index in [9.17, 15) is 4.79 Å². The molecular weight excluding hydrogens is 310 g/mol. The normalized spacial score (nSPS) is 10.3. The number of ether oxygens (including phenoxy) is 1. The van der Waals surface area contributed by atoms with Crippen LogP contribution in [0.1, 0.15) is 11.1 Å². The molecule has 0 spiro atoms. The fraction of sp³-hybridized carbons (Fsp3) is 0.118. The first-order valence-electron chi connectivity index (χ1n) is 6.80. The van der Waals surface area contributed by atoms with Crippen molar-refractivity contribution in [3.05, 3.63) is 59.7 Å². The summed E-state index contributed by atoms with van der Waals surface area (Å²) in [6.07, 6.45) is 3.58. The van der Waals surface area contributed by atoms with Crippen LogP contribution in [0.4, 0.5) is 0 Å². The average molecular weight is 325 g/mol. The zero-order chi connectivity index (χ0) is 16.5. The van der Waals surface area contributed by atoms with Crippen molar-refractivity contribution < 1.29 is 9.53 Å². The molecule has 0 aliphatic rings. The van der Waals surface area contributed by atoms with E-state index in [0.717, 1.165) is 5.56 Å². The molecule has 2 aromatic carbocycles. The van der Waals surface area contributed by atoms with Gasteiger partial charge in [0, 0.05) is 4.90 Å². The Morgan fingerprint density at radius 2 is 1.96 bits per heavy atom. The Labute approximate surface area is 139 Å². The van der Waals surface area contributed by atoms with Crippen LogP contribution in [0.15, 0.2) is 58.5 Å². The predicted molar refractivity (Wildman–Crippen MR) is 90.6 cm³/mol. The zero-order valence-corrected chi connectivity index (χ0v) is 13.3. The number of carbonyl (C=O) groups is 1. The molecule has 0 radical (unpaired) electrons. The van der Waals surface area contributed by atoms with E-state index in [1.165, 1.54) is 4.90 Å². The highest BCUT2D eigenvalue weighted by molar-refractivity contribution is 7.98. The van der Waals surface area contributed by atoms with E-state index < -0.39 is 0 Å². The number of rotatable bonds is 6. The Balaban J connectivity index is 1.77. The third kappa shape index (κ3) is 5.49. The van der Waals surface area contributed by atoms with Crippen LogP contribution in [-0.2, 0) is 4.79 Å². The van der Waals surface area contributed by atoms with Gasteiger partial charge in [-0.05, 0) is 48.2 Å². The van der Waals surface area contributed by atoms with E-state index in [1.807, 2.05) is 36.6 Å². The van der Waals surface area contributed by atoms with Gasteiger partial charge >= 0.3 is 0 Å². The van der Waals surface area contributed by atoms with Gasteiger partial charge in [0.2, 0.25) is 0 Å². The molecule has 0 aliphatic carbocycles. The molecule has 0 aromatic heterocycles. The average Bonchev–Trinajstić information content (AvgIpc) is 2.61. The van der Waals surface area contributed by atoms with Crippen molar-refractivity contribution in [2.24, 2.45) is 5.10 Å². The van der Waals surface area contributed by atoms with E-state index in [4.69, 9.17) is 10.00 Å². The van der Waals surface area contributed by atoms with Crippen LogP contribution in [0, 0.1) is 11.3 Å². The molecule has 6 heteroatoms. The molecular formula is C17H15N3O2S. The monoisotopic (exact) mass is 325 g/mol. The van der Waals surface area contributed by atoms with Gasteiger partial charge in [0.15, 0.2) is 6.61 Å². The molecule has 0 unspecified atom stereocenters. The maximum absolute atomic E-state index is 11.6. The quantitative estimate of drug-likeness (QED) is 0.503. The maximum atomic E-state index is 11.6. The van der Waals surface area contributed by atoms with Gasteiger partial charge < -0.3 is 4.74 Å². The number of hydrazone groups is 1. The summed E-state index contributed by atoms with van der Waals surface area (Å²) in [5.41, 5.74) is 3.84. The van der Waals surface area contributed by atoms with Crippen molar-refractivity contribution in [3.63, 3.8) is 0 Å². The molecule has 5 nitrogen and oxygen atoms in total. The van der Waals surface area contributed by atoms with E-state index in [-0.39, 0.29) is 12.5 Å². The van der Waals surface area contributed by atoms with Crippen LogP contribution in [0.3, 0.4) is 0 Å². The number of carbonyl (C=O) groups excluding carboxylic acids is 1. The third-order valence-electron chi connectivity index (χ3n) is 2.87. The lowest BCUT2D eigenvalue weighted by atomic mass is 10.2. The van der Waals surface area contributed by atoms with Gasteiger partial charge in [-0.1, -0.05) is 12.1 Å². The lowest BCUT2D eigenvalue weighted by molar-refractivity contribution is -0.123. The van der Waals surface area contributed by atoms with E-state index in [1.54, 1.807) is 42.2 Å². The van der Waals surface area contributed by atoms with Gasteiger partial charge in [-0.15, -0.1) is 11.8 Å². The number of hydrogen-bond acceptors (Lipinski definition) is 5. The summed E-state index contributed by atoms with van der Waals surface area (Å²) in [5, 5.41) is 12.6. The highest BCUT2D eigenvalue weighted by atomic mass is 32.2. The summed E-state index contributed by atoms with van der Waals surface area (Å²) < 4.78 is 5.30. The molecule has 0 aliphatic heterocycles. The second-order valence-electron chi connectivity index (χ2n) is 4.49. The van der Waals surface area contributed by atoms with Crippen molar-refractivity contribution in [2.45, 2.75) is 4.90 Å². The largest absolute Gasteiger partial charge is 0.484 e. The molecule has 2 aromatic rings. The molecule has 1 amide bonds. The van der Waals surface area contributed by atoms with Crippen molar-refractivity contribution in [1.29, 1.82) is 5.26 Å². The lowest BCUT2D eigenvalue weighted by Gasteiger charge is -2.04. The van der Waals surface area contributed by atoms with Crippen molar-refractivity contribution in [3.8, 4) is 11.8 Å². The Kier molecular flexibility index (Phi) is 6.21. The smallest absolute Gasteiger partial charge is 0.277 e. The second kappa shape index (κ2) is 8.61. The Hall–Kier alpha value is -2.78. The van der Waals surface area contributed by atoms with Crippen LogP contribution in [-0.4, -0.2) is 25.0 Å². The number of hydrogen-bond donors (Lipinski definition) is 1. The van der Waals surface area contributed by atoms with Gasteiger partial charge in [-0.3, -0.25) is 4.79 Å². The number of nitrogens with one attached hydrogen (secondary N) is 1. The fourth-order valence-corrected chi connectivity index (χ4v) is 2.08. The highest BCUT2D eigenvalue weighted by Gasteiger charge is 2.01. The minimum absolute atomic E-state index is 0.144. The molecule has 1 N–H and O–H groups in total. The van der Waals surface area contributed by atoms with E-state index >= 15 is 0 Å². The lowest BCUT2D eigenvalue weighted by Crippen LogP contribution is -2.24. The number of nitrogens with zero attached hydrogens (tertiary/aromatic N) is 2. The van der Waals surface area contributed by atoms with Crippen LogP contribution in [0.5, 0.6) is 5.75 Å². The molecule has 0 saturated carbocycles. The second-order valence-corrected chi connectivity index (χ2v) is 5.37. The molecule has 0 heterocycles. The molecule has 116 valence electrons. The molecule has 0 atom stereocenters. The topological polar surface area (TPSA) is 74.5 Å². The number of amides is 1. The maximum Gasteiger partial charge on any atom is 0.277 e. The zero-order valence-electron chi connectivity index (χ0n) is 12.5. The summed E-state index contributed by atoms with van der Waals surface area (Å²) >= 11 is 1.66. The van der Waals surface area contributed by atoms with Crippen molar-refractivity contribution in [2.75, 3.05) is 12.9 Å². The Morgan fingerprint density at radius 1 is 1.26 bits per heavy atom. The summed E-state index contributed by atoms with van der Waals surface area (Å²) in [4.78, 5) is 12.8. The van der Waals surface area contributed by atoms with Gasteiger partial charge in [-0.25, -0.2) is 5.43 Å². The van der Waals surface area contributed by atoms with Crippen molar-refractivity contribution >= 4 is 23.9 Å². The summed E-state index contributed by atoms with van der Waals surface area (Å²) in [6.45, 7) is -0.144. The van der Waals surface area contributed by atoms with Crippen LogP contribution >= 0.6 is 11.8 Å². The minimum Gasteiger partial charge on any atom is -0.484 e. The molecule has 0 bridgehead atoms. The van der Waals surface area contributed by atoms with Gasteiger partial charge in [0.05, 0.1) is 17.8 Å². The van der Waals surface area contributed by atoms with Crippen LogP contribution < -0.4 is 10.2 Å². The minimum atomic E-state index is -0.355. The first-order valence-corrected chi connectivity index (χ1v) is 8.02. The van der Waals surface area contributed by atoms with Gasteiger partial charge in [0.1, 0.15) is 5.75 Å². The standard InChI is InChI=1S/C17H15N3O2S/c1-23-16-8-4-14(5-9-16)11-19-20-17(21)12-22-15-6-2-13(10-18)3-7-15/h2-9,11H,12H2,1H3,(H,20,21)/b19-11-. The number of benzene rings is 2. The molecule has 23 heavy (non-hydrogen) atoms. The van der Waals surface area contributed by atoms with E-state index in [0.29, 0.717) is 11.3 Å². The first kappa shape index (κ1) is 16.6. The fourth-order valence-electron chi connectivity index (χ4n) is 1.68. The number of thioether (sulfide) groups is 1. The summed E-state index contributed by atoms with van der Waals surface area (Å²) in [6, 6.07) is 16.4. The van der Waals surface area contributed by atoms with Crippen LogP contribution in [0.25, 0.3) is 0 Å².